The third kappa shape index (κ3) is 6.76. The highest BCUT2D eigenvalue weighted by molar-refractivity contribution is 6.05. The SMILES string of the molecule is Cc1cc(CC(=O)Cc2ccc(NC(=O)c3ccccc3F)c(C(F)(F)F)c2)cc(N2CCCCC2)c1. The standard InChI is InChI=1S/C29H28F4N2O2/c1-19-13-21(15-22(14-19)35-11-5-2-6-12-35)17-23(36)16-20-9-10-27(25(18-20)29(31,32)33)34-28(37)24-7-3-4-8-26(24)30/h3-4,7-10,13-15,18H,2,5-6,11-12,16-17H2,1H3,(H,34,37). The molecule has 1 N–H and O–H groups in total. The number of carbonyl (C=O) groups excluding carboxylic acids is 2. The van der Waals surface area contributed by atoms with Crippen molar-refractivity contribution >= 4 is 23.1 Å². The van der Waals surface area contributed by atoms with Crippen LogP contribution >= 0.6 is 0 Å². The fraction of sp³-hybridized carbons (Fsp3) is 0.310. The maximum absolute atomic E-state index is 13.9. The number of aryl methyl sites for hydroxylation is 1. The molecule has 3 aromatic carbocycles. The number of nitrogens with one attached hydrogen (secondary N) is 1. The lowest BCUT2D eigenvalue weighted by atomic mass is 9.98. The highest BCUT2D eigenvalue weighted by Gasteiger charge is 2.34. The van der Waals surface area contributed by atoms with E-state index in [-0.39, 0.29) is 29.8 Å². The molecule has 0 radical (unpaired) electrons. The molecule has 4 rings (SSSR count). The average molecular weight is 513 g/mol. The molecule has 3 aromatic rings. The summed E-state index contributed by atoms with van der Waals surface area (Å²) in [6, 6.07) is 14.4. The average Bonchev–Trinajstić information content (AvgIpc) is 2.84. The Kier molecular flexibility index (Phi) is 7.95. The number of anilines is 2. The summed E-state index contributed by atoms with van der Waals surface area (Å²) in [5, 5.41) is 2.15. The smallest absolute Gasteiger partial charge is 0.372 e. The first-order valence-electron chi connectivity index (χ1n) is 12.2. The van der Waals surface area contributed by atoms with Gasteiger partial charge in [0, 0.05) is 31.6 Å². The van der Waals surface area contributed by atoms with E-state index >= 15 is 0 Å². The number of carbonyl (C=O) groups is 2. The number of benzene rings is 3. The third-order valence-corrected chi connectivity index (χ3v) is 6.40. The van der Waals surface area contributed by atoms with Crippen molar-refractivity contribution in [2.75, 3.05) is 23.3 Å². The normalized spacial score (nSPS) is 13.9. The molecule has 0 aromatic heterocycles. The largest absolute Gasteiger partial charge is 0.418 e. The molecule has 0 unspecified atom stereocenters. The summed E-state index contributed by atoms with van der Waals surface area (Å²) in [6.07, 6.45) is -1.40. The van der Waals surface area contributed by atoms with Gasteiger partial charge in [-0.3, -0.25) is 9.59 Å². The van der Waals surface area contributed by atoms with E-state index in [9.17, 15) is 27.2 Å². The number of hydrogen-bond donors (Lipinski definition) is 1. The second-order valence-electron chi connectivity index (χ2n) is 9.43. The summed E-state index contributed by atoms with van der Waals surface area (Å²) in [6.45, 7) is 3.90. The Hall–Kier alpha value is -3.68. The Morgan fingerprint density at radius 2 is 1.59 bits per heavy atom. The van der Waals surface area contributed by atoms with E-state index in [1.165, 1.54) is 30.7 Å². The van der Waals surface area contributed by atoms with Gasteiger partial charge in [0.05, 0.1) is 16.8 Å². The van der Waals surface area contributed by atoms with Crippen molar-refractivity contribution in [1.29, 1.82) is 0 Å². The van der Waals surface area contributed by atoms with Crippen LogP contribution < -0.4 is 10.2 Å². The molecular formula is C29H28F4N2O2. The first-order valence-corrected chi connectivity index (χ1v) is 12.2. The molecule has 1 aliphatic heterocycles. The number of nitrogens with zero attached hydrogens (tertiary/aromatic N) is 1. The summed E-state index contributed by atoms with van der Waals surface area (Å²) in [5.74, 6) is -2.04. The summed E-state index contributed by atoms with van der Waals surface area (Å²) >= 11 is 0. The zero-order valence-electron chi connectivity index (χ0n) is 20.5. The van der Waals surface area contributed by atoms with Gasteiger partial charge in [0.15, 0.2) is 0 Å². The molecule has 0 atom stereocenters. The van der Waals surface area contributed by atoms with Gasteiger partial charge in [0.1, 0.15) is 11.6 Å². The topological polar surface area (TPSA) is 49.4 Å². The second kappa shape index (κ2) is 11.2. The first kappa shape index (κ1) is 26.4. The Morgan fingerprint density at radius 1 is 0.892 bits per heavy atom. The Bertz CT molecular complexity index is 1300. The van der Waals surface area contributed by atoms with Gasteiger partial charge >= 0.3 is 6.18 Å². The molecule has 0 bridgehead atoms. The molecule has 194 valence electrons. The van der Waals surface area contributed by atoms with Crippen LogP contribution in [-0.2, 0) is 23.8 Å². The minimum absolute atomic E-state index is 0.107. The van der Waals surface area contributed by atoms with E-state index in [1.807, 2.05) is 19.1 Å². The lowest BCUT2D eigenvalue weighted by molar-refractivity contribution is -0.137. The van der Waals surface area contributed by atoms with Gasteiger partial charge in [0.25, 0.3) is 5.91 Å². The molecule has 8 heteroatoms. The van der Waals surface area contributed by atoms with Crippen LogP contribution in [0.25, 0.3) is 0 Å². The van der Waals surface area contributed by atoms with E-state index in [4.69, 9.17) is 0 Å². The van der Waals surface area contributed by atoms with E-state index < -0.39 is 29.2 Å². The predicted molar refractivity (Wildman–Crippen MR) is 135 cm³/mol. The maximum Gasteiger partial charge on any atom is 0.418 e. The van der Waals surface area contributed by atoms with Gasteiger partial charge in [-0.2, -0.15) is 13.2 Å². The molecule has 1 saturated heterocycles. The van der Waals surface area contributed by atoms with E-state index in [2.05, 4.69) is 16.3 Å². The van der Waals surface area contributed by atoms with Crippen molar-refractivity contribution in [2.24, 2.45) is 0 Å². The molecule has 0 spiro atoms. The summed E-state index contributed by atoms with van der Waals surface area (Å²) in [7, 11) is 0. The molecular weight excluding hydrogens is 484 g/mol. The van der Waals surface area contributed by atoms with Crippen molar-refractivity contribution in [2.45, 2.75) is 45.2 Å². The summed E-state index contributed by atoms with van der Waals surface area (Å²) in [4.78, 5) is 27.5. The van der Waals surface area contributed by atoms with Crippen LogP contribution in [0.5, 0.6) is 0 Å². The molecule has 0 aliphatic carbocycles. The van der Waals surface area contributed by atoms with Gasteiger partial charge in [-0.15, -0.1) is 0 Å². The highest BCUT2D eigenvalue weighted by atomic mass is 19.4. The number of amides is 1. The lowest BCUT2D eigenvalue weighted by Crippen LogP contribution is -2.29. The van der Waals surface area contributed by atoms with Gasteiger partial charge in [0.2, 0.25) is 0 Å². The number of piperidine rings is 1. The van der Waals surface area contributed by atoms with Gasteiger partial charge in [-0.1, -0.05) is 24.3 Å². The summed E-state index contributed by atoms with van der Waals surface area (Å²) in [5.41, 5.74) is 1.15. The maximum atomic E-state index is 13.9. The predicted octanol–water partition coefficient (Wildman–Crippen LogP) is 6.75. The van der Waals surface area contributed by atoms with Crippen molar-refractivity contribution in [3.05, 3.63) is 94.3 Å². The second-order valence-corrected chi connectivity index (χ2v) is 9.43. The zero-order chi connectivity index (χ0) is 26.6. The molecule has 37 heavy (non-hydrogen) atoms. The minimum atomic E-state index is -4.78. The molecule has 0 saturated carbocycles. The van der Waals surface area contributed by atoms with E-state index in [0.29, 0.717) is 0 Å². The van der Waals surface area contributed by atoms with Crippen LogP contribution in [0.15, 0.2) is 60.7 Å². The number of halogens is 4. The van der Waals surface area contributed by atoms with Gasteiger partial charge in [-0.25, -0.2) is 4.39 Å². The highest BCUT2D eigenvalue weighted by Crippen LogP contribution is 2.36. The van der Waals surface area contributed by atoms with Crippen molar-refractivity contribution in [3.8, 4) is 0 Å². The lowest BCUT2D eigenvalue weighted by Gasteiger charge is -2.29. The third-order valence-electron chi connectivity index (χ3n) is 6.40. The van der Waals surface area contributed by atoms with Gasteiger partial charge in [-0.05, 0) is 79.3 Å². The Balaban J connectivity index is 1.49. The summed E-state index contributed by atoms with van der Waals surface area (Å²) < 4.78 is 55.3. The number of hydrogen-bond acceptors (Lipinski definition) is 3. The van der Waals surface area contributed by atoms with Crippen LogP contribution in [-0.4, -0.2) is 24.8 Å². The molecule has 4 nitrogen and oxygen atoms in total. The van der Waals surface area contributed by atoms with Crippen LogP contribution in [0.1, 0.15) is 51.9 Å². The number of alkyl halides is 3. The fourth-order valence-corrected chi connectivity index (χ4v) is 4.68. The monoisotopic (exact) mass is 512 g/mol. The van der Waals surface area contributed by atoms with Gasteiger partial charge < -0.3 is 10.2 Å². The van der Waals surface area contributed by atoms with E-state index in [0.717, 1.165) is 60.9 Å². The number of Topliss-reactive ketones (excluding diaryl/α,β-unsaturated/α-hetero) is 1. The van der Waals surface area contributed by atoms with E-state index in [1.54, 1.807) is 0 Å². The number of ketones is 1. The van der Waals surface area contributed by atoms with Crippen LogP contribution in [0.3, 0.4) is 0 Å². The molecule has 1 aliphatic rings. The fourth-order valence-electron chi connectivity index (χ4n) is 4.68. The van der Waals surface area contributed by atoms with Crippen LogP contribution in [0.4, 0.5) is 28.9 Å². The first-order chi connectivity index (χ1) is 17.6. The van der Waals surface area contributed by atoms with Crippen LogP contribution in [0.2, 0.25) is 0 Å². The van der Waals surface area contributed by atoms with Crippen molar-refractivity contribution in [1.82, 2.24) is 0 Å². The zero-order valence-corrected chi connectivity index (χ0v) is 20.5. The van der Waals surface area contributed by atoms with Crippen molar-refractivity contribution in [3.63, 3.8) is 0 Å². The number of rotatable bonds is 7. The molecule has 1 amide bonds. The Morgan fingerprint density at radius 3 is 2.30 bits per heavy atom. The quantitative estimate of drug-likeness (QED) is 0.356. The molecule has 1 heterocycles. The minimum Gasteiger partial charge on any atom is -0.372 e. The van der Waals surface area contributed by atoms with Crippen molar-refractivity contribution < 1.29 is 27.2 Å². The molecule has 1 fully saturated rings. The van der Waals surface area contributed by atoms with Crippen LogP contribution in [0, 0.1) is 12.7 Å². The Labute approximate surface area is 213 Å².